The highest BCUT2D eigenvalue weighted by Crippen LogP contribution is 2.26. The highest BCUT2D eigenvalue weighted by atomic mass is 79.9. The summed E-state index contributed by atoms with van der Waals surface area (Å²) in [5, 5.41) is 1.93. The van der Waals surface area contributed by atoms with Crippen molar-refractivity contribution in [3.63, 3.8) is 0 Å². The second-order valence-electron chi connectivity index (χ2n) is 4.25. The molecule has 0 saturated heterocycles. The predicted octanol–water partition coefficient (Wildman–Crippen LogP) is 4.60. The van der Waals surface area contributed by atoms with Gasteiger partial charge >= 0.3 is 0 Å². The number of imidazole rings is 1. The number of hydrogen-bond donors (Lipinski definition) is 0. The van der Waals surface area contributed by atoms with E-state index in [4.69, 9.17) is 11.6 Å². The average Bonchev–Trinajstić information content (AvgIpc) is 2.97. The molecule has 0 aliphatic carbocycles. The SMILES string of the molecule is CC(Cl)c1nc2cc(Br)cnc2n1Cc1cccs1. The maximum Gasteiger partial charge on any atom is 0.160 e. The monoisotopic (exact) mass is 355 g/mol. The topological polar surface area (TPSA) is 30.7 Å². The van der Waals surface area contributed by atoms with Crippen LogP contribution in [0, 0.1) is 0 Å². The van der Waals surface area contributed by atoms with Crippen molar-refractivity contribution >= 4 is 50.0 Å². The lowest BCUT2D eigenvalue weighted by atomic mass is 10.4. The van der Waals surface area contributed by atoms with E-state index in [2.05, 4.69) is 41.9 Å². The maximum absolute atomic E-state index is 6.24. The van der Waals surface area contributed by atoms with Crippen molar-refractivity contribution in [2.45, 2.75) is 18.8 Å². The van der Waals surface area contributed by atoms with Gasteiger partial charge in [0.05, 0.1) is 11.9 Å². The summed E-state index contributed by atoms with van der Waals surface area (Å²) in [5.74, 6) is 0.857. The normalized spacial score (nSPS) is 13.0. The van der Waals surface area contributed by atoms with E-state index in [0.717, 1.165) is 28.0 Å². The Morgan fingerprint density at radius 3 is 3.05 bits per heavy atom. The minimum Gasteiger partial charge on any atom is -0.306 e. The Kier molecular flexibility index (Phi) is 3.60. The third-order valence-corrected chi connectivity index (χ3v) is 4.32. The molecule has 3 heterocycles. The van der Waals surface area contributed by atoms with Gasteiger partial charge < -0.3 is 4.57 Å². The number of nitrogens with zero attached hydrogens (tertiary/aromatic N) is 3. The molecular formula is C13H11BrClN3S. The molecule has 0 aliphatic heterocycles. The van der Waals surface area contributed by atoms with Gasteiger partial charge in [0.2, 0.25) is 0 Å². The van der Waals surface area contributed by atoms with Gasteiger partial charge in [0.25, 0.3) is 0 Å². The number of fused-ring (bicyclic) bond motifs is 1. The van der Waals surface area contributed by atoms with E-state index >= 15 is 0 Å². The van der Waals surface area contributed by atoms with Crippen LogP contribution in [-0.2, 0) is 6.54 Å². The fourth-order valence-electron chi connectivity index (χ4n) is 2.02. The van der Waals surface area contributed by atoms with E-state index in [0.29, 0.717) is 0 Å². The average molecular weight is 357 g/mol. The van der Waals surface area contributed by atoms with Crippen molar-refractivity contribution in [2.24, 2.45) is 0 Å². The molecule has 0 fully saturated rings. The second-order valence-corrected chi connectivity index (χ2v) is 6.85. The van der Waals surface area contributed by atoms with Gasteiger partial charge in [-0.05, 0) is 40.4 Å². The Hall–Kier alpha value is -0.910. The van der Waals surface area contributed by atoms with Crippen LogP contribution >= 0.6 is 38.9 Å². The van der Waals surface area contributed by atoms with Crippen molar-refractivity contribution in [2.75, 3.05) is 0 Å². The summed E-state index contributed by atoms with van der Waals surface area (Å²) in [6.45, 7) is 2.69. The van der Waals surface area contributed by atoms with Gasteiger partial charge in [-0.3, -0.25) is 0 Å². The van der Waals surface area contributed by atoms with Gasteiger partial charge in [-0.1, -0.05) is 6.07 Å². The quantitative estimate of drug-likeness (QED) is 0.642. The highest BCUT2D eigenvalue weighted by Gasteiger charge is 2.16. The number of hydrogen-bond acceptors (Lipinski definition) is 3. The summed E-state index contributed by atoms with van der Waals surface area (Å²) in [6.07, 6.45) is 1.79. The molecule has 0 radical (unpaired) electrons. The van der Waals surface area contributed by atoms with Crippen LogP contribution in [0.15, 0.2) is 34.2 Å². The molecule has 0 N–H and O–H groups in total. The molecule has 19 heavy (non-hydrogen) atoms. The van der Waals surface area contributed by atoms with Crippen LogP contribution in [0.4, 0.5) is 0 Å². The fourth-order valence-corrected chi connectivity index (χ4v) is 3.20. The first-order valence-electron chi connectivity index (χ1n) is 5.83. The van der Waals surface area contributed by atoms with E-state index in [1.54, 1.807) is 17.5 Å². The van der Waals surface area contributed by atoms with Gasteiger partial charge in [0.15, 0.2) is 5.65 Å². The Labute approximate surface area is 128 Å². The van der Waals surface area contributed by atoms with Crippen molar-refractivity contribution in [3.8, 4) is 0 Å². The molecule has 6 heteroatoms. The number of aromatic nitrogens is 3. The molecule has 98 valence electrons. The van der Waals surface area contributed by atoms with Crippen LogP contribution in [0.3, 0.4) is 0 Å². The van der Waals surface area contributed by atoms with Gasteiger partial charge in [-0.2, -0.15) is 0 Å². The smallest absolute Gasteiger partial charge is 0.160 e. The standard InChI is InChI=1S/C13H11BrClN3S/c1-8(15)12-17-11-5-9(14)6-16-13(11)18(12)7-10-3-2-4-19-10/h2-6,8H,7H2,1H3. The molecule has 0 saturated carbocycles. The Bertz CT molecular complexity index is 706. The Balaban J connectivity index is 2.16. The molecule has 1 atom stereocenters. The molecule has 0 amide bonds. The molecular weight excluding hydrogens is 346 g/mol. The zero-order chi connectivity index (χ0) is 13.4. The Morgan fingerprint density at radius 1 is 1.53 bits per heavy atom. The maximum atomic E-state index is 6.24. The summed E-state index contributed by atoms with van der Waals surface area (Å²) in [7, 11) is 0. The zero-order valence-electron chi connectivity index (χ0n) is 10.2. The first kappa shape index (κ1) is 13.1. The van der Waals surface area contributed by atoms with Gasteiger partial charge in [-0.15, -0.1) is 22.9 Å². The summed E-state index contributed by atoms with van der Waals surface area (Å²) in [5.41, 5.74) is 1.74. The first-order valence-corrected chi connectivity index (χ1v) is 7.94. The number of rotatable bonds is 3. The van der Waals surface area contributed by atoms with E-state index in [-0.39, 0.29) is 5.38 Å². The molecule has 0 aromatic carbocycles. The van der Waals surface area contributed by atoms with E-state index in [9.17, 15) is 0 Å². The first-order chi connectivity index (χ1) is 9.15. The van der Waals surface area contributed by atoms with Crippen molar-refractivity contribution in [3.05, 3.63) is 45.0 Å². The number of thiophene rings is 1. The molecule has 3 aromatic heterocycles. The summed E-state index contributed by atoms with van der Waals surface area (Å²) in [4.78, 5) is 10.3. The summed E-state index contributed by atoms with van der Waals surface area (Å²) < 4.78 is 3.01. The van der Waals surface area contributed by atoms with Crippen LogP contribution < -0.4 is 0 Å². The van der Waals surface area contributed by atoms with Crippen LogP contribution in [0.25, 0.3) is 11.2 Å². The van der Waals surface area contributed by atoms with Crippen LogP contribution in [0.5, 0.6) is 0 Å². The largest absolute Gasteiger partial charge is 0.306 e. The van der Waals surface area contributed by atoms with Crippen LogP contribution in [-0.4, -0.2) is 14.5 Å². The van der Waals surface area contributed by atoms with E-state index in [1.165, 1.54) is 4.88 Å². The van der Waals surface area contributed by atoms with Crippen LogP contribution in [0.2, 0.25) is 0 Å². The van der Waals surface area contributed by atoms with Gasteiger partial charge in [0, 0.05) is 15.5 Å². The van der Waals surface area contributed by atoms with Crippen LogP contribution in [0.1, 0.15) is 23.0 Å². The molecule has 1 unspecified atom stereocenters. The molecule has 3 nitrogen and oxygen atoms in total. The Morgan fingerprint density at radius 2 is 2.37 bits per heavy atom. The number of halogens is 2. The van der Waals surface area contributed by atoms with E-state index < -0.39 is 0 Å². The highest BCUT2D eigenvalue weighted by molar-refractivity contribution is 9.10. The third kappa shape index (κ3) is 2.55. The predicted molar refractivity (Wildman–Crippen MR) is 82.9 cm³/mol. The minimum atomic E-state index is -0.145. The van der Waals surface area contributed by atoms with Crippen molar-refractivity contribution < 1.29 is 0 Å². The van der Waals surface area contributed by atoms with E-state index in [1.807, 2.05) is 19.1 Å². The fraction of sp³-hybridized carbons (Fsp3) is 0.231. The molecule has 3 rings (SSSR count). The lowest BCUT2D eigenvalue weighted by molar-refractivity contribution is 0.744. The lowest BCUT2D eigenvalue weighted by Crippen LogP contribution is -2.05. The minimum absolute atomic E-state index is 0.145. The molecule has 0 aliphatic rings. The molecule has 3 aromatic rings. The summed E-state index contributed by atoms with van der Waals surface area (Å²) in [6, 6.07) is 6.13. The number of pyridine rings is 1. The van der Waals surface area contributed by atoms with Crippen molar-refractivity contribution in [1.82, 2.24) is 14.5 Å². The molecule has 0 bridgehead atoms. The molecule has 0 spiro atoms. The van der Waals surface area contributed by atoms with Gasteiger partial charge in [0.1, 0.15) is 11.3 Å². The second kappa shape index (κ2) is 5.23. The van der Waals surface area contributed by atoms with Crippen molar-refractivity contribution in [1.29, 1.82) is 0 Å². The zero-order valence-corrected chi connectivity index (χ0v) is 13.3. The summed E-state index contributed by atoms with van der Waals surface area (Å²) >= 11 is 11.4. The third-order valence-electron chi connectivity index (χ3n) is 2.83. The number of alkyl halides is 1. The lowest BCUT2D eigenvalue weighted by Gasteiger charge is -2.08. The van der Waals surface area contributed by atoms with Gasteiger partial charge in [-0.25, -0.2) is 9.97 Å².